The highest BCUT2D eigenvalue weighted by atomic mass is 79.9. The first kappa shape index (κ1) is 12.3. The lowest BCUT2D eigenvalue weighted by Gasteiger charge is -2.13. The molecule has 2 rings (SSSR count). The van der Waals surface area contributed by atoms with E-state index in [4.69, 9.17) is 10.3 Å². The molecule has 1 atom stereocenters. The lowest BCUT2D eigenvalue weighted by atomic mass is 10.1. The van der Waals surface area contributed by atoms with Gasteiger partial charge in [-0.15, -0.1) is 0 Å². The van der Waals surface area contributed by atoms with Crippen LogP contribution in [0, 0.1) is 6.92 Å². The molecule has 0 bridgehead atoms. The SMILES string of the molecule is Cc1nn(C)c(CC(NN)c2ccco2)c1Br. The first-order valence-electron chi connectivity index (χ1n) is 5.31. The van der Waals surface area contributed by atoms with Gasteiger partial charge in [0.1, 0.15) is 5.76 Å². The lowest BCUT2D eigenvalue weighted by molar-refractivity contribution is 0.409. The second kappa shape index (κ2) is 5.03. The number of nitrogens with one attached hydrogen (secondary N) is 1. The largest absolute Gasteiger partial charge is 0.468 e. The van der Waals surface area contributed by atoms with Gasteiger partial charge in [-0.3, -0.25) is 10.5 Å². The van der Waals surface area contributed by atoms with Gasteiger partial charge in [-0.05, 0) is 35.0 Å². The zero-order chi connectivity index (χ0) is 12.4. The predicted octanol–water partition coefficient (Wildman–Crippen LogP) is 1.83. The van der Waals surface area contributed by atoms with Gasteiger partial charge in [-0.2, -0.15) is 5.10 Å². The predicted molar refractivity (Wildman–Crippen MR) is 68.1 cm³/mol. The highest BCUT2D eigenvalue weighted by molar-refractivity contribution is 9.10. The van der Waals surface area contributed by atoms with Crippen molar-refractivity contribution < 1.29 is 4.42 Å². The van der Waals surface area contributed by atoms with Gasteiger partial charge in [-0.25, -0.2) is 5.43 Å². The van der Waals surface area contributed by atoms with E-state index in [0.717, 1.165) is 21.6 Å². The maximum absolute atomic E-state index is 5.56. The molecule has 2 heterocycles. The summed E-state index contributed by atoms with van der Waals surface area (Å²) in [6.45, 7) is 1.96. The van der Waals surface area contributed by atoms with Crippen LogP contribution in [0.15, 0.2) is 27.3 Å². The van der Waals surface area contributed by atoms with E-state index in [1.807, 2.05) is 30.8 Å². The van der Waals surface area contributed by atoms with Crippen LogP contribution in [0.1, 0.15) is 23.2 Å². The van der Waals surface area contributed by atoms with Gasteiger partial charge in [0.2, 0.25) is 0 Å². The van der Waals surface area contributed by atoms with Crippen molar-refractivity contribution in [1.29, 1.82) is 0 Å². The zero-order valence-electron chi connectivity index (χ0n) is 9.77. The average molecular weight is 299 g/mol. The minimum Gasteiger partial charge on any atom is -0.468 e. The summed E-state index contributed by atoms with van der Waals surface area (Å²) in [5.74, 6) is 6.38. The van der Waals surface area contributed by atoms with Crippen LogP contribution in [0.3, 0.4) is 0 Å². The number of hydrogen-bond acceptors (Lipinski definition) is 4. The van der Waals surface area contributed by atoms with Crippen molar-refractivity contribution in [2.24, 2.45) is 12.9 Å². The molecule has 0 radical (unpaired) electrons. The Hall–Kier alpha value is -1.11. The molecule has 2 aromatic heterocycles. The minimum atomic E-state index is -0.0592. The molecule has 6 heteroatoms. The Morgan fingerprint density at radius 2 is 2.41 bits per heavy atom. The third kappa shape index (κ3) is 2.43. The molecule has 0 aromatic carbocycles. The van der Waals surface area contributed by atoms with Gasteiger partial charge in [0.05, 0.1) is 28.2 Å². The van der Waals surface area contributed by atoms with Gasteiger partial charge >= 0.3 is 0 Å². The quantitative estimate of drug-likeness (QED) is 0.667. The van der Waals surface area contributed by atoms with Crippen molar-refractivity contribution in [2.45, 2.75) is 19.4 Å². The van der Waals surface area contributed by atoms with E-state index < -0.39 is 0 Å². The number of rotatable bonds is 4. The fraction of sp³-hybridized carbons (Fsp3) is 0.364. The van der Waals surface area contributed by atoms with E-state index in [1.54, 1.807) is 6.26 Å². The molecule has 0 saturated heterocycles. The number of nitrogens with zero attached hydrogens (tertiary/aromatic N) is 2. The molecule has 2 aromatic rings. The van der Waals surface area contributed by atoms with Crippen LogP contribution >= 0.6 is 15.9 Å². The molecule has 5 nitrogen and oxygen atoms in total. The highest BCUT2D eigenvalue weighted by Gasteiger charge is 2.18. The Morgan fingerprint density at radius 1 is 1.65 bits per heavy atom. The van der Waals surface area contributed by atoms with Gasteiger partial charge in [0.25, 0.3) is 0 Å². The van der Waals surface area contributed by atoms with Crippen LogP contribution in [0.4, 0.5) is 0 Å². The van der Waals surface area contributed by atoms with Crippen molar-refractivity contribution in [3.8, 4) is 0 Å². The summed E-state index contributed by atoms with van der Waals surface area (Å²) in [5, 5.41) is 4.35. The van der Waals surface area contributed by atoms with Gasteiger partial charge < -0.3 is 4.42 Å². The third-order valence-electron chi connectivity index (χ3n) is 2.75. The number of hydrogen-bond donors (Lipinski definition) is 2. The van der Waals surface area contributed by atoms with Crippen LogP contribution < -0.4 is 11.3 Å². The molecular formula is C11H15BrN4O. The summed E-state index contributed by atoms with van der Waals surface area (Å²) < 4.78 is 8.23. The van der Waals surface area contributed by atoms with Gasteiger partial charge in [0.15, 0.2) is 0 Å². The van der Waals surface area contributed by atoms with Crippen LogP contribution in [-0.4, -0.2) is 9.78 Å². The highest BCUT2D eigenvalue weighted by Crippen LogP contribution is 2.25. The zero-order valence-corrected chi connectivity index (χ0v) is 11.4. The Balaban J connectivity index is 2.24. The molecule has 0 saturated carbocycles. The second-order valence-electron chi connectivity index (χ2n) is 3.91. The standard InChI is InChI=1S/C11H15BrN4O/c1-7-11(12)9(16(2)15-7)6-8(14-13)10-4-3-5-17-10/h3-5,8,14H,6,13H2,1-2H3. The molecule has 0 fully saturated rings. The molecule has 0 amide bonds. The number of nitrogens with two attached hydrogens (primary N) is 1. The van der Waals surface area contributed by atoms with E-state index in [0.29, 0.717) is 6.42 Å². The number of hydrazine groups is 1. The van der Waals surface area contributed by atoms with Crippen LogP contribution in [0.2, 0.25) is 0 Å². The summed E-state index contributed by atoms with van der Waals surface area (Å²) in [5.41, 5.74) is 4.82. The summed E-state index contributed by atoms with van der Waals surface area (Å²) in [6, 6.07) is 3.70. The van der Waals surface area contributed by atoms with Gasteiger partial charge in [0, 0.05) is 13.5 Å². The summed E-state index contributed by atoms with van der Waals surface area (Å²) in [4.78, 5) is 0. The summed E-state index contributed by atoms with van der Waals surface area (Å²) in [6.07, 6.45) is 2.35. The molecule has 92 valence electrons. The van der Waals surface area contributed by atoms with E-state index >= 15 is 0 Å². The first-order valence-corrected chi connectivity index (χ1v) is 6.10. The third-order valence-corrected chi connectivity index (χ3v) is 3.78. The van der Waals surface area contributed by atoms with Gasteiger partial charge in [-0.1, -0.05) is 0 Å². The van der Waals surface area contributed by atoms with E-state index in [1.165, 1.54) is 0 Å². The monoisotopic (exact) mass is 298 g/mol. The van der Waals surface area contributed by atoms with Crippen molar-refractivity contribution in [1.82, 2.24) is 15.2 Å². The molecule has 1 unspecified atom stereocenters. The molecule has 17 heavy (non-hydrogen) atoms. The van der Waals surface area contributed by atoms with E-state index in [-0.39, 0.29) is 6.04 Å². The van der Waals surface area contributed by atoms with Crippen molar-refractivity contribution in [3.05, 3.63) is 40.0 Å². The molecule has 0 aliphatic carbocycles. The molecular weight excluding hydrogens is 284 g/mol. The number of aromatic nitrogens is 2. The maximum Gasteiger partial charge on any atom is 0.122 e. The van der Waals surface area contributed by atoms with Crippen molar-refractivity contribution >= 4 is 15.9 Å². The Morgan fingerprint density at radius 3 is 2.88 bits per heavy atom. The normalized spacial score (nSPS) is 12.9. The maximum atomic E-state index is 5.56. The lowest BCUT2D eigenvalue weighted by Crippen LogP contribution is -2.29. The Kier molecular flexibility index (Phi) is 3.66. The average Bonchev–Trinajstić information content (AvgIpc) is 2.89. The minimum absolute atomic E-state index is 0.0592. The van der Waals surface area contributed by atoms with Crippen molar-refractivity contribution in [3.63, 3.8) is 0 Å². The number of halogens is 1. The molecule has 0 spiro atoms. The topological polar surface area (TPSA) is 69.0 Å². The Labute approximate surface area is 108 Å². The smallest absolute Gasteiger partial charge is 0.122 e. The second-order valence-corrected chi connectivity index (χ2v) is 4.70. The molecule has 3 N–H and O–H groups in total. The van der Waals surface area contributed by atoms with Crippen molar-refractivity contribution in [2.75, 3.05) is 0 Å². The Bertz CT molecular complexity index is 492. The molecule has 0 aliphatic heterocycles. The van der Waals surface area contributed by atoms with E-state index in [2.05, 4.69) is 26.5 Å². The molecule has 0 aliphatic rings. The van der Waals surface area contributed by atoms with Crippen LogP contribution in [0.25, 0.3) is 0 Å². The van der Waals surface area contributed by atoms with E-state index in [9.17, 15) is 0 Å². The number of aryl methyl sites for hydroxylation is 2. The summed E-state index contributed by atoms with van der Waals surface area (Å²) in [7, 11) is 1.92. The first-order chi connectivity index (χ1) is 8.13. The fourth-order valence-electron chi connectivity index (χ4n) is 1.83. The van der Waals surface area contributed by atoms with Crippen LogP contribution in [-0.2, 0) is 13.5 Å². The van der Waals surface area contributed by atoms with Crippen LogP contribution in [0.5, 0.6) is 0 Å². The fourth-order valence-corrected chi connectivity index (χ4v) is 2.32. The number of furan rings is 1. The summed E-state index contributed by atoms with van der Waals surface area (Å²) >= 11 is 3.54.